The largest absolute Gasteiger partial charge is 0.507 e. The smallest absolute Gasteiger partial charge is 0.343 e. The molecule has 0 unspecified atom stereocenters. The fourth-order valence-electron chi connectivity index (χ4n) is 3.86. The van der Waals surface area contributed by atoms with Gasteiger partial charge < -0.3 is 29.1 Å². The molecule has 0 spiro atoms. The van der Waals surface area contributed by atoms with Gasteiger partial charge in [0.1, 0.15) is 11.5 Å². The van der Waals surface area contributed by atoms with Gasteiger partial charge in [-0.3, -0.25) is 9.59 Å². The number of amides is 1. The highest BCUT2D eigenvalue weighted by Crippen LogP contribution is 2.45. The summed E-state index contributed by atoms with van der Waals surface area (Å²) in [6.45, 7) is 1.30. The molecule has 3 rings (SSSR count). The molecule has 0 aliphatic rings. The molecule has 184 valence electrons. The standard InChI is InChI=1S/C26H27NO8/c1-15-12-19(28)23(26(31)35-15)18(17-10-11-21(32-2)25(34-4)24(17)33-3)13-22(30)27-14-20(29)16-8-6-5-7-9-16/h5-12,18,28H,13-14H2,1-4H3,(H,27,30)/t18-/m0/s1. The van der Waals surface area contributed by atoms with Crippen LogP contribution in [-0.2, 0) is 4.79 Å². The molecule has 35 heavy (non-hydrogen) atoms. The number of benzene rings is 2. The number of Topliss-reactive ketones (excluding diaryl/α,β-unsaturated/α-hetero) is 1. The van der Waals surface area contributed by atoms with E-state index in [4.69, 9.17) is 18.6 Å². The molecule has 0 saturated carbocycles. The Balaban J connectivity index is 2.00. The summed E-state index contributed by atoms with van der Waals surface area (Å²) in [5.41, 5.74) is -0.0629. The minimum absolute atomic E-state index is 0.120. The number of hydrogen-bond donors (Lipinski definition) is 2. The molecule has 1 heterocycles. The predicted molar refractivity (Wildman–Crippen MR) is 128 cm³/mol. The van der Waals surface area contributed by atoms with E-state index in [1.807, 2.05) is 0 Å². The van der Waals surface area contributed by atoms with Crippen LogP contribution in [0.4, 0.5) is 0 Å². The number of carbonyl (C=O) groups is 2. The van der Waals surface area contributed by atoms with Crippen molar-refractivity contribution in [2.24, 2.45) is 0 Å². The van der Waals surface area contributed by atoms with Crippen molar-refractivity contribution in [3.8, 4) is 23.0 Å². The number of aromatic hydroxyl groups is 1. The van der Waals surface area contributed by atoms with Crippen LogP contribution in [0.25, 0.3) is 0 Å². The predicted octanol–water partition coefficient (Wildman–Crippen LogP) is 3.20. The molecule has 0 bridgehead atoms. The van der Waals surface area contributed by atoms with Crippen LogP contribution in [-0.4, -0.2) is 44.7 Å². The van der Waals surface area contributed by atoms with Gasteiger partial charge in [-0.05, 0) is 13.0 Å². The van der Waals surface area contributed by atoms with Crippen LogP contribution < -0.4 is 25.2 Å². The minimum Gasteiger partial charge on any atom is -0.507 e. The van der Waals surface area contributed by atoms with Crippen LogP contribution in [0.5, 0.6) is 23.0 Å². The van der Waals surface area contributed by atoms with Crippen LogP contribution in [0.2, 0.25) is 0 Å². The fourth-order valence-corrected chi connectivity index (χ4v) is 3.86. The average Bonchev–Trinajstić information content (AvgIpc) is 2.85. The van der Waals surface area contributed by atoms with E-state index in [1.165, 1.54) is 34.3 Å². The summed E-state index contributed by atoms with van der Waals surface area (Å²) in [6.07, 6.45) is -0.282. The molecule has 1 amide bonds. The van der Waals surface area contributed by atoms with Gasteiger partial charge in [0.15, 0.2) is 17.3 Å². The molecule has 0 aliphatic heterocycles. The molecule has 9 heteroatoms. The number of carbonyl (C=O) groups excluding carboxylic acids is 2. The molecule has 0 saturated heterocycles. The van der Waals surface area contributed by atoms with Crippen LogP contribution in [0.15, 0.2) is 57.7 Å². The van der Waals surface area contributed by atoms with Crippen LogP contribution in [0.1, 0.15) is 39.6 Å². The molecule has 0 radical (unpaired) electrons. The van der Waals surface area contributed by atoms with Crippen molar-refractivity contribution in [1.82, 2.24) is 5.32 Å². The third-order valence-electron chi connectivity index (χ3n) is 5.48. The second-order valence-electron chi connectivity index (χ2n) is 7.69. The van der Waals surface area contributed by atoms with Crippen molar-refractivity contribution in [2.45, 2.75) is 19.3 Å². The molecule has 1 aromatic heterocycles. The zero-order valence-corrected chi connectivity index (χ0v) is 19.9. The maximum atomic E-state index is 12.9. The summed E-state index contributed by atoms with van der Waals surface area (Å²) in [5, 5.41) is 13.2. The van der Waals surface area contributed by atoms with Crippen molar-refractivity contribution in [3.05, 3.63) is 81.4 Å². The molecule has 3 aromatic rings. The van der Waals surface area contributed by atoms with E-state index in [-0.39, 0.29) is 47.3 Å². The van der Waals surface area contributed by atoms with E-state index in [9.17, 15) is 19.5 Å². The number of nitrogens with one attached hydrogen (secondary N) is 1. The zero-order chi connectivity index (χ0) is 25.5. The Morgan fingerprint density at radius 1 is 1.00 bits per heavy atom. The lowest BCUT2D eigenvalue weighted by atomic mass is 9.87. The number of rotatable bonds is 10. The van der Waals surface area contributed by atoms with Gasteiger partial charge >= 0.3 is 5.63 Å². The van der Waals surface area contributed by atoms with Crippen molar-refractivity contribution < 1.29 is 33.3 Å². The first-order chi connectivity index (χ1) is 16.8. The van der Waals surface area contributed by atoms with Crippen molar-refractivity contribution in [2.75, 3.05) is 27.9 Å². The van der Waals surface area contributed by atoms with E-state index in [2.05, 4.69) is 5.32 Å². The molecular weight excluding hydrogens is 454 g/mol. The van der Waals surface area contributed by atoms with Gasteiger partial charge in [-0.1, -0.05) is 36.4 Å². The Bertz CT molecular complexity index is 1270. The van der Waals surface area contributed by atoms with Gasteiger partial charge in [0.05, 0.1) is 33.4 Å². The Morgan fingerprint density at radius 3 is 2.29 bits per heavy atom. The summed E-state index contributed by atoms with van der Waals surface area (Å²) in [7, 11) is 4.30. The SMILES string of the molecule is COc1ccc([C@H](CC(=O)NCC(=O)c2ccccc2)c2c(O)cc(C)oc2=O)c(OC)c1OC. The van der Waals surface area contributed by atoms with Gasteiger partial charge in [-0.2, -0.15) is 0 Å². The molecule has 1 atom stereocenters. The van der Waals surface area contributed by atoms with E-state index in [0.29, 0.717) is 16.9 Å². The topological polar surface area (TPSA) is 124 Å². The second-order valence-corrected chi connectivity index (χ2v) is 7.69. The van der Waals surface area contributed by atoms with Gasteiger partial charge in [0.25, 0.3) is 0 Å². The van der Waals surface area contributed by atoms with Crippen LogP contribution >= 0.6 is 0 Å². The highest BCUT2D eigenvalue weighted by molar-refractivity contribution is 5.99. The van der Waals surface area contributed by atoms with Gasteiger partial charge in [-0.25, -0.2) is 4.79 Å². The molecule has 2 N–H and O–H groups in total. The first kappa shape index (κ1) is 25.4. The second kappa shape index (κ2) is 11.2. The molecule has 9 nitrogen and oxygen atoms in total. The summed E-state index contributed by atoms with van der Waals surface area (Å²) < 4.78 is 21.5. The molecule has 0 fully saturated rings. The van der Waals surface area contributed by atoms with Crippen molar-refractivity contribution in [1.29, 1.82) is 0 Å². The lowest BCUT2D eigenvalue weighted by molar-refractivity contribution is -0.121. The highest BCUT2D eigenvalue weighted by atomic mass is 16.5. The van der Waals surface area contributed by atoms with Crippen molar-refractivity contribution >= 4 is 11.7 Å². The van der Waals surface area contributed by atoms with Crippen molar-refractivity contribution in [3.63, 3.8) is 0 Å². The number of aryl methyl sites for hydroxylation is 1. The average molecular weight is 482 g/mol. The van der Waals surface area contributed by atoms with E-state index < -0.39 is 17.5 Å². The minimum atomic E-state index is -0.978. The number of ketones is 1. The normalized spacial score (nSPS) is 11.4. The number of hydrogen-bond acceptors (Lipinski definition) is 8. The summed E-state index contributed by atoms with van der Waals surface area (Å²) >= 11 is 0. The molecular formula is C26H27NO8. The van der Waals surface area contributed by atoms with Crippen LogP contribution in [0.3, 0.4) is 0 Å². The lowest BCUT2D eigenvalue weighted by Gasteiger charge is -2.22. The third-order valence-corrected chi connectivity index (χ3v) is 5.48. The Morgan fingerprint density at radius 2 is 1.69 bits per heavy atom. The van der Waals surface area contributed by atoms with E-state index >= 15 is 0 Å². The van der Waals surface area contributed by atoms with E-state index in [0.717, 1.165) is 0 Å². The Hall–Kier alpha value is -4.27. The van der Waals surface area contributed by atoms with Gasteiger partial charge in [0, 0.05) is 29.5 Å². The third kappa shape index (κ3) is 5.63. The zero-order valence-electron chi connectivity index (χ0n) is 19.9. The van der Waals surface area contributed by atoms with Gasteiger partial charge in [-0.15, -0.1) is 0 Å². The maximum Gasteiger partial charge on any atom is 0.343 e. The first-order valence-corrected chi connectivity index (χ1v) is 10.8. The highest BCUT2D eigenvalue weighted by Gasteiger charge is 2.30. The Kier molecular flexibility index (Phi) is 8.14. The molecule has 0 aliphatic carbocycles. The number of methoxy groups -OCH3 is 3. The maximum absolute atomic E-state index is 12.9. The fraction of sp³-hybridized carbons (Fsp3) is 0.269. The number of ether oxygens (including phenoxy) is 3. The molecule has 2 aromatic carbocycles. The first-order valence-electron chi connectivity index (χ1n) is 10.8. The van der Waals surface area contributed by atoms with E-state index in [1.54, 1.807) is 42.5 Å². The quantitative estimate of drug-likeness (QED) is 0.423. The Labute approximate surface area is 202 Å². The summed E-state index contributed by atoms with van der Waals surface area (Å²) in [6, 6.07) is 13.1. The van der Waals surface area contributed by atoms with Crippen LogP contribution in [0, 0.1) is 6.92 Å². The lowest BCUT2D eigenvalue weighted by Crippen LogP contribution is -2.31. The summed E-state index contributed by atoms with van der Waals surface area (Å²) in [4.78, 5) is 38.1. The summed E-state index contributed by atoms with van der Waals surface area (Å²) in [5.74, 6) is -1.01. The monoisotopic (exact) mass is 481 g/mol. The van der Waals surface area contributed by atoms with Gasteiger partial charge in [0.2, 0.25) is 11.7 Å².